The number of pyridine rings is 2. The summed E-state index contributed by atoms with van der Waals surface area (Å²) >= 11 is 6.28. The Morgan fingerprint density at radius 1 is 1.22 bits per heavy atom. The maximum absolute atomic E-state index is 6.28. The summed E-state index contributed by atoms with van der Waals surface area (Å²) in [7, 11) is 0. The van der Waals surface area contributed by atoms with Gasteiger partial charge >= 0.3 is 0 Å². The van der Waals surface area contributed by atoms with Gasteiger partial charge in [-0.3, -0.25) is 0 Å². The maximum Gasteiger partial charge on any atom is 0.126 e. The Hall–Kier alpha value is -1.85. The number of nitrogens with zero attached hydrogens (tertiary/aromatic N) is 2. The van der Waals surface area contributed by atoms with Crippen molar-refractivity contribution in [2.45, 2.75) is 31.7 Å². The normalized spacial score (nSPS) is 21.1. The smallest absolute Gasteiger partial charge is 0.126 e. The van der Waals surface area contributed by atoms with Crippen molar-refractivity contribution in [3.05, 3.63) is 35.5 Å². The van der Waals surface area contributed by atoms with Crippen molar-refractivity contribution in [1.29, 1.82) is 0 Å². The van der Waals surface area contributed by atoms with Crippen LogP contribution in [-0.2, 0) is 0 Å². The topological polar surface area (TPSA) is 89.8 Å². The molecule has 1 aliphatic rings. The number of anilines is 2. The summed E-state index contributed by atoms with van der Waals surface area (Å²) in [6, 6.07) is 7.91. The van der Waals surface area contributed by atoms with Crippen LogP contribution in [0.1, 0.15) is 25.7 Å². The van der Waals surface area contributed by atoms with E-state index in [9.17, 15) is 0 Å². The molecule has 2 aromatic heterocycles. The summed E-state index contributed by atoms with van der Waals surface area (Å²) in [5.41, 5.74) is 13.1. The Kier molecular flexibility index (Phi) is 4.98. The van der Waals surface area contributed by atoms with Gasteiger partial charge in [0, 0.05) is 17.8 Å². The van der Waals surface area contributed by atoms with Crippen molar-refractivity contribution in [2.24, 2.45) is 11.7 Å². The summed E-state index contributed by atoms with van der Waals surface area (Å²) < 4.78 is 0. The van der Waals surface area contributed by atoms with Gasteiger partial charge in [-0.05, 0) is 56.3 Å². The van der Waals surface area contributed by atoms with E-state index in [-0.39, 0.29) is 0 Å². The zero-order valence-electron chi connectivity index (χ0n) is 13.0. The molecule has 122 valence electrons. The highest BCUT2D eigenvalue weighted by atomic mass is 35.5. The van der Waals surface area contributed by atoms with Crippen LogP contribution in [0.4, 0.5) is 11.6 Å². The number of hydrogen-bond acceptors (Lipinski definition) is 5. The van der Waals surface area contributed by atoms with Gasteiger partial charge in [0.05, 0.1) is 10.7 Å². The van der Waals surface area contributed by atoms with Gasteiger partial charge in [-0.15, -0.1) is 0 Å². The minimum Gasteiger partial charge on any atom is -0.384 e. The number of nitrogen functional groups attached to an aromatic ring is 1. The molecule has 5 N–H and O–H groups in total. The van der Waals surface area contributed by atoms with Gasteiger partial charge in [0.2, 0.25) is 0 Å². The van der Waals surface area contributed by atoms with Gasteiger partial charge in [0.1, 0.15) is 11.6 Å². The largest absolute Gasteiger partial charge is 0.384 e. The number of rotatable bonds is 4. The standard InChI is InChI=1S/C17H22ClN5/c18-14-10-21-17(22-12-6-4-11(9-19)5-7-12)8-13(14)15-2-1-3-16(20)23-15/h1-3,8,10-12H,4-7,9,19H2,(H2,20,23)(H,21,22). The molecule has 0 spiro atoms. The second kappa shape index (κ2) is 7.15. The lowest BCUT2D eigenvalue weighted by atomic mass is 9.86. The average molecular weight is 332 g/mol. The van der Waals surface area contributed by atoms with Crippen LogP contribution in [0.3, 0.4) is 0 Å². The fourth-order valence-corrected chi connectivity index (χ4v) is 3.27. The van der Waals surface area contributed by atoms with E-state index in [4.69, 9.17) is 23.1 Å². The van der Waals surface area contributed by atoms with Crippen molar-refractivity contribution in [2.75, 3.05) is 17.6 Å². The fourth-order valence-electron chi connectivity index (χ4n) is 3.07. The van der Waals surface area contributed by atoms with Gasteiger partial charge in [-0.2, -0.15) is 0 Å². The van der Waals surface area contributed by atoms with Crippen LogP contribution in [0.15, 0.2) is 30.5 Å². The molecule has 0 amide bonds. The van der Waals surface area contributed by atoms with Gasteiger partial charge < -0.3 is 16.8 Å². The van der Waals surface area contributed by atoms with Crippen molar-refractivity contribution < 1.29 is 0 Å². The zero-order chi connectivity index (χ0) is 16.2. The van der Waals surface area contributed by atoms with Crippen LogP contribution >= 0.6 is 11.6 Å². The van der Waals surface area contributed by atoms with E-state index in [0.29, 0.717) is 22.8 Å². The molecule has 6 heteroatoms. The van der Waals surface area contributed by atoms with E-state index in [1.165, 1.54) is 12.8 Å². The monoisotopic (exact) mass is 331 g/mol. The Bertz CT molecular complexity index is 668. The summed E-state index contributed by atoms with van der Waals surface area (Å²) in [5, 5.41) is 4.08. The SMILES string of the molecule is NCC1CCC(Nc2cc(-c3cccc(N)n3)c(Cl)cn2)CC1. The summed E-state index contributed by atoms with van der Waals surface area (Å²) in [6.45, 7) is 0.789. The van der Waals surface area contributed by atoms with E-state index < -0.39 is 0 Å². The van der Waals surface area contributed by atoms with Gasteiger partial charge in [-0.25, -0.2) is 9.97 Å². The summed E-state index contributed by atoms with van der Waals surface area (Å²) in [4.78, 5) is 8.73. The Morgan fingerprint density at radius 2 is 2.00 bits per heavy atom. The second-order valence-electron chi connectivity index (χ2n) is 6.09. The van der Waals surface area contributed by atoms with Crippen molar-refractivity contribution in [3.63, 3.8) is 0 Å². The fraction of sp³-hybridized carbons (Fsp3) is 0.412. The van der Waals surface area contributed by atoms with Crippen molar-refractivity contribution >= 4 is 23.2 Å². The first-order valence-electron chi connectivity index (χ1n) is 8.00. The zero-order valence-corrected chi connectivity index (χ0v) is 13.8. The van der Waals surface area contributed by atoms with Crippen molar-refractivity contribution in [3.8, 4) is 11.3 Å². The summed E-state index contributed by atoms with van der Waals surface area (Å²) in [6.07, 6.45) is 6.25. The highest BCUT2D eigenvalue weighted by Crippen LogP contribution is 2.30. The van der Waals surface area contributed by atoms with Crippen LogP contribution in [0.2, 0.25) is 5.02 Å². The third-order valence-corrected chi connectivity index (χ3v) is 4.74. The molecular weight excluding hydrogens is 310 g/mol. The number of halogens is 1. The van der Waals surface area contributed by atoms with E-state index in [1.54, 1.807) is 12.3 Å². The maximum atomic E-state index is 6.28. The first kappa shape index (κ1) is 16.0. The van der Waals surface area contributed by atoms with Crippen LogP contribution in [0.5, 0.6) is 0 Å². The molecule has 0 aromatic carbocycles. The Morgan fingerprint density at radius 3 is 2.70 bits per heavy atom. The van der Waals surface area contributed by atoms with Crippen LogP contribution in [0, 0.1) is 5.92 Å². The Balaban J connectivity index is 1.76. The lowest BCUT2D eigenvalue weighted by molar-refractivity contribution is 0.344. The van der Waals surface area contributed by atoms with E-state index in [0.717, 1.165) is 36.5 Å². The highest BCUT2D eigenvalue weighted by Gasteiger charge is 2.20. The molecule has 0 aliphatic heterocycles. The number of nitrogens with one attached hydrogen (secondary N) is 1. The predicted octanol–water partition coefficient (Wildman–Crippen LogP) is 3.31. The molecule has 0 bridgehead atoms. The molecule has 2 heterocycles. The van der Waals surface area contributed by atoms with Crippen LogP contribution in [0.25, 0.3) is 11.3 Å². The number of hydrogen-bond donors (Lipinski definition) is 3. The van der Waals surface area contributed by atoms with E-state index in [1.807, 2.05) is 18.2 Å². The number of nitrogens with two attached hydrogens (primary N) is 2. The molecule has 1 aliphatic carbocycles. The lowest BCUT2D eigenvalue weighted by Crippen LogP contribution is -2.29. The first-order valence-corrected chi connectivity index (χ1v) is 8.38. The predicted molar refractivity (Wildman–Crippen MR) is 95.3 cm³/mol. The molecule has 1 fully saturated rings. The van der Waals surface area contributed by atoms with Gasteiger partial charge in [-0.1, -0.05) is 17.7 Å². The molecule has 0 radical (unpaired) electrons. The molecule has 1 saturated carbocycles. The third-order valence-electron chi connectivity index (χ3n) is 4.43. The molecule has 3 rings (SSSR count). The Labute approximate surface area is 141 Å². The van der Waals surface area contributed by atoms with Gasteiger partial charge in [0.25, 0.3) is 0 Å². The van der Waals surface area contributed by atoms with E-state index in [2.05, 4.69) is 15.3 Å². The average Bonchev–Trinajstić information content (AvgIpc) is 2.57. The third kappa shape index (κ3) is 3.92. The molecular formula is C17H22ClN5. The molecule has 2 aromatic rings. The second-order valence-corrected chi connectivity index (χ2v) is 6.50. The molecule has 0 atom stereocenters. The minimum atomic E-state index is 0.438. The van der Waals surface area contributed by atoms with Crippen LogP contribution < -0.4 is 16.8 Å². The highest BCUT2D eigenvalue weighted by molar-refractivity contribution is 6.33. The van der Waals surface area contributed by atoms with Crippen LogP contribution in [-0.4, -0.2) is 22.6 Å². The summed E-state index contributed by atoms with van der Waals surface area (Å²) in [5.74, 6) is 1.97. The number of aromatic nitrogens is 2. The van der Waals surface area contributed by atoms with Gasteiger partial charge in [0.15, 0.2) is 0 Å². The quantitative estimate of drug-likeness (QED) is 0.799. The molecule has 0 unspecified atom stereocenters. The molecule has 0 saturated heterocycles. The van der Waals surface area contributed by atoms with Crippen molar-refractivity contribution in [1.82, 2.24) is 9.97 Å². The molecule has 5 nitrogen and oxygen atoms in total. The van der Waals surface area contributed by atoms with E-state index >= 15 is 0 Å². The molecule has 23 heavy (non-hydrogen) atoms. The first-order chi connectivity index (χ1) is 11.2. The minimum absolute atomic E-state index is 0.438. The lowest BCUT2D eigenvalue weighted by Gasteiger charge is -2.28.